The molecule has 0 radical (unpaired) electrons. The fraction of sp³-hybridized carbons (Fsp3) is 0.294. The average molecular weight is 327 g/mol. The van der Waals surface area contributed by atoms with E-state index in [1.807, 2.05) is 51.1 Å². The van der Waals surface area contributed by atoms with E-state index in [9.17, 15) is 4.79 Å². The Morgan fingerprint density at radius 1 is 1.21 bits per heavy atom. The van der Waals surface area contributed by atoms with Crippen molar-refractivity contribution in [3.8, 4) is 5.75 Å². The van der Waals surface area contributed by atoms with E-state index in [0.717, 1.165) is 11.4 Å². The average Bonchev–Trinajstić information content (AvgIpc) is 2.47. The first-order valence-electron chi connectivity index (χ1n) is 7.65. The first kappa shape index (κ1) is 17.4. The monoisotopic (exact) mass is 327 g/mol. The number of aromatic nitrogens is 2. The van der Waals surface area contributed by atoms with Crippen molar-refractivity contribution in [2.24, 2.45) is 4.99 Å². The summed E-state index contributed by atoms with van der Waals surface area (Å²) in [4.78, 5) is 24.3. The number of carbonyl (C=O) groups is 1. The number of amides is 1. The number of para-hydroxylation sites is 2. The molecule has 0 atom stereocenters. The number of nitrogens with zero attached hydrogens (tertiary/aromatic N) is 3. The third kappa shape index (κ3) is 5.05. The van der Waals surface area contributed by atoms with Gasteiger partial charge in [0.05, 0.1) is 12.3 Å². The number of benzene rings is 1. The van der Waals surface area contributed by atoms with Crippen molar-refractivity contribution in [2.45, 2.75) is 27.7 Å². The van der Waals surface area contributed by atoms with Crippen LogP contribution in [-0.2, 0) is 4.79 Å². The molecule has 0 aliphatic carbocycles. The van der Waals surface area contributed by atoms with Crippen molar-refractivity contribution >= 4 is 23.5 Å². The van der Waals surface area contributed by atoms with Crippen molar-refractivity contribution in [1.82, 2.24) is 15.3 Å². The summed E-state index contributed by atoms with van der Waals surface area (Å²) in [6.07, 6.45) is 0. The Balaban J connectivity index is 2.35. The molecule has 0 aliphatic rings. The number of ether oxygens (including phenoxy) is 1. The highest BCUT2D eigenvalue weighted by Gasteiger charge is 2.09. The third-order valence-corrected chi connectivity index (χ3v) is 2.92. The summed E-state index contributed by atoms with van der Waals surface area (Å²) in [5.74, 6) is 0.927. The van der Waals surface area contributed by atoms with E-state index >= 15 is 0 Å². The second kappa shape index (κ2) is 8.05. The van der Waals surface area contributed by atoms with Gasteiger partial charge in [0.15, 0.2) is 0 Å². The second-order valence-electron chi connectivity index (χ2n) is 5.15. The Bertz CT molecular complexity index is 738. The summed E-state index contributed by atoms with van der Waals surface area (Å²) in [6, 6.07) is 9.27. The molecule has 7 nitrogen and oxygen atoms in total. The minimum Gasteiger partial charge on any atom is -0.492 e. The molecule has 7 heteroatoms. The van der Waals surface area contributed by atoms with Crippen LogP contribution in [0.5, 0.6) is 5.75 Å². The van der Waals surface area contributed by atoms with Crippen molar-refractivity contribution < 1.29 is 9.53 Å². The number of carbonyl (C=O) groups excluding carboxylic acids is 1. The third-order valence-electron chi connectivity index (χ3n) is 2.92. The van der Waals surface area contributed by atoms with E-state index in [2.05, 4.69) is 25.6 Å². The summed E-state index contributed by atoms with van der Waals surface area (Å²) in [6.45, 7) is 7.58. The molecule has 126 valence electrons. The minimum absolute atomic E-state index is 0.236. The van der Waals surface area contributed by atoms with Gasteiger partial charge in [0.1, 0.15) is 5.75 Å². The summed E-state index contributed by atoms with van der Waals surface area (Å²) in [5, 5.41) is 5.71. The Morgan fingerprint density at radius 2 is 1.88 bits per heavy atom. The maximum absolute atomic E-state index is 11.5. The van der Waals surface area contributed by atoms with Gasteiger partial charge in [-0.1, -0.05) is 12.1 Å². The van der Waals surface area contributed by atoms with Crippen LogP contribution in [0, 0.1) is 13.8 Å². The topological polar surface area (TPSA) is 88.5 Å². The van der Waals surface area contributed by atoms with Crippen molar-refractivity contribution in [3.63, 3.8) is 0 Å². The van der Waals surface area contributed by atoms with E-state index in [-0.39, 0.29) is 17.8 Å². The van der Waals surface area contributed by atoms with Crippen molar-refractivity contribution in [2.75, 3.05) is 11.9 Å². The number of nitrogens with one attached hydrogen (secondary N) is 2. The fourth-order valence-corrected chi connectivity index (χ4v) is 2.09. The number of hydrogen-bond acceptors (Lipinski definition) is 5. The van der Waals surface area contributed by atoms with Crippen LogP contribution in [0.3, 0.4) is 0 Å². The normalized spacial score (nSPS) is 11.1. The zero-order valence-electron chi connectivity index (χ0n) is 14.3. The predicted molar refractivity (Wildman–Crippen MR) is 93.7 cm³/mol. The zero-order valence-corrected chi connectivity index (χ0v) is 14.3. The van der Waals surface area contributed by atoms with Crippen LogP contribution in [0.15, 0.2) is 35.3 Å². The SMILES string of the molecule is CCOc1ccccc1NC(=Nc1nc(C)cc(C)n1)NC(C)=O. The molecule has 1 aromatic heterocycles. The van der Waals surface area contributed by atoms with Gasteiger partial charge in [-0.2, -0.15) is 4.99 Å². The Kier molecular flexibility index (Phi) is 5.83. The van der Waals surface area contributed by atoms with Gasteiger partial charge in [-0.25, -0.2) is 9.97 Å². The number of rotatable bonds is 4. The molecule has 0 bridgehead atoms. The number of anilines is 1. The number of aliphatic imine (C=N–C) groups is 1. The van der Waals surface area contributed by atoms with E-state index < -0.39 is 0 Å². The molecule has 2 aromatic rings. The Labute approximate surface area is 141 Å². The smallest absolute Gasteiger partial charge is 0.253 e. The van der Waals surface area contributed by atoms with Crippen molar-refractivity contribution in [1.29, 1.82) is 0 Å². The van der Waals surface area contributed by atoms with Gasteiger partial charge in [0.25, 0.3) is 5.95 Å². The zero-order chi connectivity index (χ0) is 17.5. The maximum atomic E-state index is 11.5. The standard InChI is InChI=1S/C17H21N5O2/c1-5-24-15-9-7-6-8-14(15)21-17(20-13(4)23)22-16-18-11(2)10-12(3)19-16/h6-10H,5H2,1-4H3,(H2,18,19,20,21,22,23). The van der Waals surface area contributed by atoms with Gasteiger partial charge in [-0.3, -0.25) is 10.1 Å². The molecule has 1 amide bonds. The first-order chi connectivity index (χ1) is 11.5. The highest BCUT2D eigenvalue weighted by Crippen LogP contribution is 2.23. The quantitative estimate of drug-likeness (QED) is 0.666. The van der Waals surface area contributed by atoms with Gasteiger partial charge in [-0.05, 0) is 39.0 Å². The first-order valence-corrected chi connectivity index (χ1v) is 7.65. The Morgan fingerprint density at radius 3 is 2.50 bits per heavy atom. The molecule has 0 aliphatic heterocycles. The molecule has 2 N–H and O–H groups in total. The fourth-order valence-electron chi connectivity index (χ4n) is 2.09. The van der Waals surface area contributed by atoms with Crippen LogP contribution < -0.4 is 15.4 Å². The molecule has 1 heterocycles. The summed E-state index contributed by atoms with van der Waals surface area (Å²) in [5.41, 5.74) is 2.30. The molecule has 2 rings (SSSR count). The second-order valence-corrected chi connectivity index (χ2v) is 5.15. The van der Waals surface area contributed by atoms with E-state index in [1.165, 1.54) is 6.92 Å². The van der Waals surface area contributed by atoms with E-state index in [0.29, 0.717) is 18.0 Å². The van der Waals surface area contributed by atoms with E-state index in [1.54, 1.807) is 0 Å². The predicted octanol–water partition coefficient (Wildman–Crippen LogP) is 2.73. The molecule has 0 fully saturated rings. The molecular formula is C17H21N5O2. The molecule has 0 unspecified atom stereocenters. The Hall–Kier alpha value is -2.96. The number of guanidine groups is 1. The molecule has 0 saturated carbocycles. The molecule has 1 aromatic carbocycles. The highest BCUT2D eigenvalue weighted by atomic mass is 16.5. The van der Waals surface area contributed by atoms with Gasteiger partial charge in [0.2, 0.25) is 11.9 Å². The van der Waals surface area contributed by atoms with Crippen LogP contribution in [0.25, 0.3) is 0 Å². The minimum atomic E-state index is -0.250. The lowest BCUT2D eigenvalue weighted by Crippen LogP contribution is -2.34. The summed E-state index contributed by atoms with van der Waals surface area (Å²) >= 11 is 0. The van der Waals surface area contributed by atoms with Crippen LogP contribution >= 0.6 is 0 Å². The lowest BCUT2D eigenvalue weighted by Gasteiger charge is -2.14. The highest BCUT2D eigenvalue weighted by molar-refractivity contribution is 6.04. The summed E-state index contributed by atoms with van der Waals surface area (Å²) in [7, 11) is 0. The lowest BCUT2D eigenvalue weighted by atomic mass is 10.3. The number of hydrogen-bond donors (Lipinski definition) is 2. The van der Waals surface area contributed by atoms with Crippen LogP contribution in [0.2, 0.25) is 0 Å². The van der Waals surface area contributed by atoms with Crippen LogP contribution in [0.4, 0.5) is 11.6 Å². The van der Waals surface area contributed by atoms with Crippen LogP contribution in [-0.4, -0.2) is 28.4 Å². The molecule has 0 saturated heterocycles. The molecule has 24 heavy (non-hydrogen) atoms. The van der Waals surface area contributed by atoms with Crippen LogP contribution in [0.1, 0.15) is 25.2 Å². The van der Waals surface area contributed by atoms with Gasteiger partial charge in [0, 0.05) is 18.3 Å². The largest absolute Gasteiger partial charge is 0.492 e. The lowest BCUT2D eigenvalue weighted by molar-refractivity contribution is -0.117. The van der Waals surface area contributed by atoms with E-state index in [4.69, 9.17) is 4.74 Å². The summed E-state index contributed by atoms with van der Waals surface area (Å²) < 4.78 is 5.57. The van der Waals surface area contributed by atoms with Gasteiger partial charge in [-0.15, -0.1) is 0 Å². The maximum Gasteiger partial charge on any atom is 0.253 e. The molecular weight excluding hydrogens is 306 g/mol. The van der Waals surface area contributed by atoms with Gasteiger partial charge >= 0.3 is 0 Å². The molecule has 0 spiro atoms. The number of aryl methyl sites for hydroxylation is 2. The van der Waals surface area contributed by atoms with Gasteiger partial charge < -0.3 is 10.1 Å². The van der Waals surface area contributed by atoms with Crippen molar-refractivity contribution in [3.05, 3.63) is 41.7 Å².